The standard InChI is InChI=1S/C14H21N6O12P3/c1-3-4-14(16)10(21)9(7(2)30-34(25,26)32-35(27,28)31-33(22,23)24)29-12(14)20-6-18-8-5-17-13(15)19-11(8)20/h5-7,9-10,12,21H,16H2,1-2H3,(H,25,26)(H,27,28)(H2,15,17,19)(H2,22,23,24)/t7-,9-,10+,12-,14?/m1/s1. The number of imidazole rings is 1. The van der Waals surface area contributed by atoms with Crippen LogP contribution in [-0.4, -0.2) is 68.1 Å². The van der Waals surface area contributed by atoms with Gasteiger partial charge in [-0.1, -0.05) is 5.92 Å². The zero-order valence-corrected chi connectivity index (χ0v) is 20.5. The quantitative estimate of drug-likeness (QED) is 0.153. The normalized spacial score (nSPS) is 29.2. The number of hydrogen-bond donors (Lipinski definition) is 7. The molecule has 1 aliphatic heterocycles. The van der Waals surface area contributed by atoms with Gasteiger partial charge < -0.3 is 40.9 Å². The molecule has 3 heterocycles. The van der Waals surface area contributed by atoms with Crippen molar-refractivity contribution in [1.29, 1.82) is 0 Å². The van der Waals surface area contributed by atoms with Crippen LogP contribution >= 0.6 is 23.5 Å². The lowest BCUT2D eigenvalue weighted by Gasteiger charge is -2.28. The van der Waals surface area contributed by atoms with Crippen molar-refractivity contribution in [2.24, 2.45) is 5.73 Å². The molecule has 21 heteroatoms. The minimum atomic E-state index is -5.75. The van der Waals surface area contributed by atoms with Gasteiger partial charge in [0, 0.05) is 0 Å². The molecule has 2 aromatic rings. The molecule has 3 rings (SSSR count). The number of nitrogens with zero attached hydrogens (tertiary/aromatic N) is 4. The van der Waals surface area contributed by atoms with E-state index >= 15 is 0 Å². The summed E-state index contributed by atoms with van der Waals surface area (Å²) in [6.45, 7) is 2.56. The topological polar surface area (TPSA) is 285 Å². The SMILES string of the molecule is CC#CC1(N)[C@@H](O)[C@@H]([C@@H](C)OP(=O)(O)OP(=O)(O)OP(=O)(O)O)O[C@H]1n1cnc2cnc(N)nc21. The number of phosphoric ester groups is 1. The number of nitrogen functional groups attached to an aromatic ring is 1. The van der Waals surface area contributed by atoms with Crippen LogP contribution in [0.3, 0.4) is 0 Å². The van der Waals surface area contributed by atoms with E-state index in [9.17, 15) is 28.6 Å². The first-order valence-electron chi connectivity index (χ1n) is 9.31. The van der Waals surface area contributed by atoms with Crippen molar-refractivity contribution < 1.29 is 56.3 Å². The Morgan fingerprint density at radius 2 is 1.86 bits per heavy atom. The van der Waals surface area contributed by atoms with Gasteiger partial charge >= 0.3 is 23.5 Å². The summed E-state index contributed by atoms with van der Waals surface area (Å²) in [6, 6.07) is 0. The molecular weight excluding hydrogens is 537 g/mol. The highest BCUT2D eigenvalue weighted by Gasteiger charge is 2.57. The first kappa shape index (κ1) is 27.8. The minimum absolute atomic E-state index is 0.0976. The van der Waals surface area contributed by atoms with Crippen molar-refractivity contribution in [1.82, 2.24) is 19.5 Å². The molecule has 0 amide bonds. The van der Waals surface area contributed by atoms with E-state index in [1.807, 2.05) is 0 Å². The van der Waals surface area contributed by atoms with E-state index in [-0.39, 0.29) is 11.6 Å². The van der Waals surface area contributed by atoms with Crippen LogP contribution in [0.1, 0.15) is 20.1 Å². The summed E-state index contributed by atoms with van der Waals surface area (Å²) in [4.78, 5) is 48.4. The third kappa shape index (κ3) is 6.13. The number of aliphatic hydroxyl groups excluding tert-OH is 1. The lowest BCUT2D eigenvalue weighted by molar-refractivity contribution is -0.0733. The van der Waals surface area contributed by atoms with E-state index in [4.69, 9.17) is 30.5 Å². The average Bonchev–Trinajstić information content (AvgIpc) is 3.17. The molecule has 194 valence electrons. The van der Waals surface area contributed by atoms with Crippen LogP contribution in [0.5, 0.6) is 0 Å². The number of aliphatic hydroxyl groups is 1. The molecule has 0 bridgehead atoms. The molecule has 9 N–H and O–H groups in total. The minimum Gasteiger partial charge on any atom is -0.387 e. The molecule has 2 aromatic heterocycles. The number of fused-ring (bicyclic) bond motifs is 1. The summed E-state index contributed by atoms with van der Waals surface area (Å²) in [5.41, 5.74) is 10.6. The van der Waals surface area contributed by atoms with Crippen LogP contribution in [0.2, 0.25) is 0 Å². The van der Waals surface area contributed by atoms with Crippen molar-refractivity contribution in [2.45, 2.75) is 43.9 Å². The van der Waals surface area contributed by atoms with Crippen LogP contribution < -0.4 is 11.5 Å². The van der Waals surface area contributed by atoms with Crippen molar-refractivity contribution in [2.75, 3.05) is 5.73 Å². The van der Waals surface area contributed by atoms with Crippen molar-refractivity contribution >= 4 is 40.6 Å². The Morgan fingerprint density at radius 1 is 1.20 bits per heavy atom. The number of ether oxygens (including phenoxy) is 1. The smallest absolute Gasteiger partial charge is 0.387 e. The zero-order chi connectivity index (χ0) is 26.4. The highest BCUT2D eigenvalue weighted by atomic mass is 31.3. The van der Waals surface area contributed by atoms with E-state index in [0.717, 1.165) is 6.92 Å². The molecule has 35 heavy (non-hydrogen) atoms. The number of nitrogens with two attached hydrogens (primary N) is 2. The van der Waals surface area contributed by atoms with Gasteiger partial charge in [-0.2, -0.15) is 13.6 Å². The molecule has 0 aromatic carbocycles. The summed E-state index contributed by atoms with van der Waals surface area (Å²) >= 11 is 0. The van der Waals surface area contributed by atoms with Gasteiger partial charge in [0.2, 0.25) is 5.95 Å². The first-order chi connectivity index (χ1) is 16.0. The predicted molar refractivity (Wildman–Crippen MR) is 114 cm³/mol. The van der Waals surface area contributed by atoms with Gasteiger partial charge in [0.25, 0.3) is 0 Å². The lowest BCUT2D eigenvalue weighted by atomic mass is 9.90. The molecule has 1 saturated heterocycles. The van der Waals surface area contributed by atoms with E-state index in [2.05, 4.69) is 35.4 Å². The van der Waals surface area contributed by atoms with E-state index in [0.29, 0.717) is 5.52 Å². The fourth-order valence-corrected chi connectivity index (χ4v) is 6.55. The Morgan fingerprint density at radius 3 is 2.46 bits per heavy atom. The van der Waals surface area contributed by atoms with Gasteiger partial charge in [-0.25, -0.2) is 23.7 Å². The second-order valence-electron chi connectivity index (χ2n) is 7.20. The fraction of sp³-hybridized carbons (Fsp3) is 0.500. The third-order valence-corrected chi connectivity index (χ3v) is 8.53. The molecule has 0 radical (unpaired) electrons. The van der Waals surface area contributed by atoms with Gasteiger partial charge in [0.15, 0.2) is 17.4 Å². The number of aromatic nitrogens is 4. The maximum absolute atomic E-state index is 12.2. The number of phosphoric acid groups is 3. The molecule has 7 atom stereocenters. The molecule has 1 fully saturated rings. The van der Waals surface area contributed by atoms with Gasteiger partial charge in [0.05, 0.1) is 18.6 Å². The van der Waals surface area contributed by atoms with Crippen LogP contribution in [-0.2, 0) is 31.6 Å². The lowest BCUT2D eigenvalue weighted by Crippen LogP contribution is -2.54. The first-order valence-corrected chi connectivity index (χ1v) is 13.8. The molecule has 0 saturated carbocycles. The van der Waals surface area contributed by atoms with E-state index in [1.54, 1.807) is 0 Å². The second kappa shape index (κ2) is 9.58. The number of rotatable bonds is 8. The predicted octanol–water partition coefficient (Wildman–Crippen LogP) is -0.881. The van der Waals surface area contributed by atoms with E-state index < -0.39 is 53.5 Å². The summed E-state index contributed by atoms with van der Waals surface area (Å²) < 4.78 is 53.8. The van der Waals surface area contributed by atoms with E-state index in [1.165, 1.54) is 24.0 Å². The summed E-state index contributed by atoms with van der Waals surface area (Å²) in [6.07, 6.45) is -3.44. The van der Waals surface area contributed by atoms with Crippen molar-refractivity contribution in [3.63, 3.8) is 0 Å². The largest absolute Gasteiger partial charge is 0.490 e. The summed E-state index contributed by atoms with van der Waals surface area (Å²) in [5.74, 6) is 5.08. The fourth-order valence-electron chi connectivity index (χ4n) is 3.35. The highest BCUT2D eigenvalue weighted by molar-refractivity contribution is 7.66. The highest BCUT2D eigenvalue weighted by Crippen LogP contribution is 2.66. The average molecular weight is 558 g/mol. The molecule has 18 nitrogen and oxygen atoms in total. The number of hydrogen-bond acceptors (Lipinski definition) is 13. The molecule has 1 aliphatic rings. The Labute approximate surface area is 196 Å². The van der Waals surface area contributed by atoms with Crippen molar-refractivity contribution in [3.8, 4) is 11.8 Å². The van der Waals surface area contributed by atoms with Gasteiger partial charge in [-0.3, -0.25) is 9.09 Å². The van der Waals surface area contributed by atoms with Crippen LogP contribution in [0.25, 0.3) is 11.2 Å². The monoisotopic (exact) mass is 558 g/mol. The molecule has 0 aliphatic carbocycles. The Bertz CT molecular complexity index is 1320. The van der Waals surface area contributed by atoms with Gasteiger partial charge in [-0.15, -0.1) is 5.92 Å². The molecule has 3 unspecified atom stereocenters. The van der Waals surface area contributed by atoms with Gasteiger partial charge in [0.1, 0.15) is 17.7 Å². The Kier molecular flexibility index (Phi) is 7.60. The van der Waals surface area contributed by atoms with Crippen LogP contribution in [0, 0.1) is 11.8 Å². The maximum Gasteiger partial charge on any atom is 0.490 e. The summed E-state index contributed by atoms with van der Waals surface area (Å²) in [5, 5.41) is 10.9. The zero-order valence-electron chi connectivity index (χ0n) is 17.8. The maximum atomic E-state index is 12.2. The molecule has 0 spiro atoms. The van der Waals surface area contributed by atoms with Crippen molar-refractivity contribution in [3.05, 3.63) is 12.5 Å². The van der Waals surface area contributed by atoms with Gasteiger partial charge in [-0.05, 0) is 13.8 Å². The summed E-state index contributed by atoms with van der Waals surface area (Å²) in [7, 11) is -16.8. The Balaban J connectivity index is 1.89. The second-order valence-corrected chi connectivity index (χ2v) is 11.6. The van der Waals surface area contributed by atoms with Crippen LogP contribution in [0.4, 0.5) is 5.95 Å². The van der Waals surface area contributed by atoms with Crippen LogP contribution in [0.15, 0.2) is 12.5 Å². The Hall–Kier alpha value is -1.80. The number of anilines is 1. The molecular formula is C14H21N6O12P3. The third-order valence-electron chi connectivity index (χ3n) is 4.60.